The fourth-order valence-corrected chi connectivity index (χ4v) is 3.50. The maximum atomic E-state index is 12.9. The van der Waals surface area contributed by atoms with E-state index in [1.165, 1.54) is 11.3 Å². The number of anilines is 2. The third-order valence-corrected chi connectivity index (χ3v) is 4.63. The number of nitrogens with two attached hydrogens (primary N) is 1. The Morgan fingerprint density at radius 2 is 2.29 bits per heavy atom. The molecule has 2 heterocycles. The van der Waals surface area contributed by atoms with Gasteiger partial charge in [0.1, 0.15) is 10.6 Å². The number of carbonyl (C=O) groups is 1. The van der Waals surface area contributed by atoms with Crippen molar-refractivity contribution in [3.05, 3.63) is 34.3 Å². The number of rotatable bonds is 2. The van der Waals surface area contributed by atoms with Crippen LogP contribution < -0.4 is 15.4 Å². The minimum Gasteiger partial charge on any atom is -0.495 e. The molecule has 6 heteroatoms. The smallest absolute Gasteiger partial charge is 0.270 e. The second-order valence-corrected chi connectivity index (χ2v) is 6.03. The number of amides is 1. The molecule has 0 saturated heterocycles. The van der Waals surface area contributed by atoms with E-state index >= 15 is 0 Å². The second kappa shape index (κ2) is 5.37. The van der Waals surface area contributed by atoms with E-state index < -0.39 is 0 Å². The number of fused-ring (bicyclic) bond motifs is 1. The van der Waals surface area contributed by atoms with Crippen molar-refractivity contribution < 1.29 is 9.53 Å². The van der Waals surface area contributed by atoms with E-state index in [9.17, 15) is 4.79 Å². The Hall–Kier alpha value is -2.08. The van der Waals surface area contributed by atoms with E-state index in [0.717, 1.165) is 29.8 Å². The third-order valence-electron chi connectivity index (χ3n) is 3.65. The van der Waals surface area contributed by atoms with Crippen LogP contribution in [0.25, 0.3) is 0 Å². The minimum absolute atomic E-state index is 0.0489. The zero-order valence-corrected chi connectivity index (χ0v) is 12.9. The highest BCUT2D eigenvalue weighted by Crippen LogP contribution is 2.37. The number of thiazole rings is 1. The summed E-state index contributed by atoms with van der Waals surface area (Å²) in [4.78, 5) is 19.4. The summed E-state index contributed by atoms with van der Waals surface area (Å²) in [6.45, 7) is 2.50. The highest BCUT2D eigenvalue weighted by atomic mass is 32.1. The molecule has 1 aromatic carbocycles. The lowest BCUT2D eigenvalue weighted by Crippen LogP contribution is -2.35. The summed E-state index contributed by atoms with van der Waals surface area (Å²) in [5.74, 6) is 0.683. The Morgan fingerprint density at radius 1 is 1.48 bits per heavy atom. The van der Waals surface area contributed by atoms with Crippen molar-refractivity contribution in [2.75, 3.05) is 24.3 Å². The lowest BCUT2D eigenvalue weighted by molar-refractivity contribution is 0.0987. The molecular formula is C15H17N3O2S. The first kappa shape index (κ1) is 13.9. The van der Waals surface area contributed by atoms with Gasteiger partial charge in [0.2, 0.25) is 0 Å². The van der Waals surface area contributed by atoms with Gasteiger partial charge in [-0.3, -0.25) is 4.79 Å². The lowest BCUT2D eigenvalue weighted by atomic mass is 10.0. The Morgan fingerprint density at radius 3 is 2.95 bits per heavy atom. The zero-order valence-electron chi connectivity index (χ0n) is 12.0. The van der Waals surface area contributed by atoms with Crippen molar-refractivity contribution >= 4 is 28.1 Å². The van der Waals surface area contributed by atoms with E-state index in [2.05, 4.69) is 4.98 Å². The maximum Gasteiger partial charge on any atom is 0.270 e. The van der Waals surface area contributed by atoms with Crippen LogP contribution in [0.3, 0.4) is 0 Å². The van der Waals surface area contributed by atoms with Crippen molar-refractivity contribution in [3.63, 3.8) is 0 Å². The van der Waals surface area contributed by atoms with Gasteiger partial charge in [-0.1, -0.05) is 23.5 Å². The normalized spacial score (nSPS) is 13.9. The SMILES string of the molecule is COc1cccc2c1N(C(=O)c1sc(N)nc1C)CCC2. The summed E-state index contributed by atoms with van der Waals surface area (Å²) in [5.41, 5.74) is 8.41. The van der Waals surface area contributed by atoms with Gasteiger partial charge in [-0.15, -0.1) is 0 Å². The molecule has 0 saturated carbocycles. The highest BCUT2D eigenvalue weighted by Gasteiger charge is 2.28. The number of benzene rings is 1. The number of hydrogen-bond acceptors (Lipinski definition) is 5. The molecule has 1 aliphatic heterocycles. The molecule has 5 nitrogen and oxygen atoms in total. The Kier molecular flexibility index (Phi) is 3.55. The zero-order chi connectivity index (χ0) is 15.0. The first-order chi connectivity index (χ1) is 10.1. The standard InChI is InChI=1S/C15H17N3O2S/c1-9-13(21-15(16)17-9)14(19)18-8-4-6-10-5-3-7-11(20-2)12(10)18/h3,5,7H,4,6,8H2,1-2H3,(H2,16,17). The molecule has 1 aromatic heterocycles. The molecule has 0 fully saturated rings. The highest BCUT2D eigenvalue weighted by molar-refractivity contribution is 7.17. The first-order valence-electron chi connectivity index (χ1n) is 6.82. The van der Waals surface area contributed by atoms with Crippen LogP contribution in [0.4, 0.5) is 10.8 Å². The molecule has 0 spiro atoms. The average Bonchev–Trinajstić information content (AvgIpc) is 2.84. The van der Waals surface area contributed by atoms with Gasteiger partial charge in [0, 0.05) is 6.54 Å². The number of hydrogen-bond donors (Lipinski definition) is 1. The van der Waals surface area contributed by atoms with Crippen molar-refractivity contribution in [2.45, 2.75) is 19.8 Å². The molecule has 0 atom stereocenters. The fraction of sp³-hybridized carbons (Fsp3) is 0.333. The molecule has 3 rings (SSSR count). The first-order valence-corrected chi connectivity index (χ1v) is 7.64. The second-order valence-electron chi connectivity index (χ2n) is 4.99. The van der Waals surface area contributed by atoms with Gasteiger partial charge < -0.3 is 15.4 Å². The van der Waals surface area contributed by atoms with Crippen LogP contribution in [0, 0.1) is 6.92 Å². The number of methoxy groups -OCH3 is 1. The molecule has 2 N–H and O–H groups in total. The summed E-state index contributed by atoms with van der Waals surface area (Å²) < 4.78 is 5.43. The van der Waals surface area contributed by atoms with E-state index in [-0.39, 0.29) is 5.91 Å². The number of nitrogens with zero attached hydrogens (tertiary/aromatic N) is 2. The Labute approximate surface area is 127 Å². The van der Waals surface area contributed by atoms with Gasteiger partial charge >= 0.3 is 0 Å². The van der Waals surface area contributed by atoms with Crippen LogP contribution in [-0.4, -0.2) is 24.5 Å². The van der Waals surface area contributed by atoms with Crippen molar-refractivity contribution in [3.8, 4) is 5.75 Å². The fourth-order valence-electron chi connectivity index (χ4n) is 2.72. The number of carbonyl (C=O) groups excluding carboxylic acids is 1. The van der Waals surface area contributed by atoms with E-state index in [1.54, 1.807) is 12.0 Å². The number of nitrogen functional groups attached to an aromatic ring is 1. The van der Waals surface area contributed by atoms with Gasteiger partial charge in [-0.05, 0) is 31.4 Å². The van der Waals surface area contributed by atoms with Gasteiger partial charge in [0.05, 0.1) is 18.5 Å². The minimum atomic E-state index is -0.0489. The number of aryl methyl sites for hydroxylation is 2. The molecule has 1 amide bonds. The van der Waals surface area contributed by atoms with Gasteiger partial charge in [-0.25, -0.2) is 4.98 Å². The molecule has 1 aliphatic rings. The predicted octanol–water partition coefficient (Wildman–Crippen LogP) is 2.64. The summed E-state index contributed by atoms with van der Waals surface area (Å²) in [6.07, 6.45) is 1.90. The predicted molar refractivity (Wildman–Crippen MR) is 84.3 cm³/mol. The molecule has 2 aromatic rings. The molecule has 0 unspecified atom stereocenters. The van der Waals surface area contributed by atoms with Gasteiger partial charge in [-0.2, -0.15) is 0 Å². The van der Waals surface area contributed by atoms with E-state index in [1.807, 2.05) is 25.1 Å². The van der Waals surface area contributed by atoms with E-state index in [0.29, 0.717) is 22.2 Å². The summed E-state index contributed by atoms with van der Waals surface area (Å²) in [5, 5.41) is 0.424. The molecular weight excluding hydrogens is 286 g/mol. The van der Waals surface area contributed by atoms with Crippen molar-refractivity contribution in [1.29, 1.82) is 0 Å². The van der Waals surface area contributed by atoms with Crippen molar-refractivity contribution in [1.82, 2.24) is 4.98 Å². The average molecular weight is 303 g/mol. The van der Waals surface area contributed by atoms with Crippen LogP contribution in [0.15, 0.2) is 18.2 Å². The lowest BCUT2D eigenvalue weighted by Gasteiger charge is -2.30. The molecule has 110 valence electrons. The Bertz CT molecular complexity index is 682. The summed E-state index contributed by atoms with van der Waals surface area (Å²) in [6, 6.07) is 5.89. The quantitative estimate of drug-likeness (QED) is 0.926. The van der Waals surface area contributed by atoms with Gasteiger partial charge in [0.15, 0.2) is 5.13 Å². The Balaban J connectivity index is 2.06. The van der Waals surface area contributed by atoms with Crippen LogP contribution in [0.1, 0.15) is 27.3 Å². The van der Waals surface area contributed by atoms with Crippen molar-refractivity contribution in [2.24, 2.45) is 0 Å². The number of aromatic nitrogens is 1. The van der Waals surface area contributed by atoms with Crippen LogP contribution in [0.2, 0.25) is 0 Å². The molecule has 21 heavy (non-hydrogen) atoms. The van der Waals surface area contributed by atoms with Crippen LogP contribution in [-0.2, 0) is 6.42 Å². The van der Waals surface area contributed by atoms with E-state index in [4.69, 9.17) is 10.5 Å². The summed E-state index contributed by atoms with van der Waals surface area (Å²) in [7, 11) is 1.63. The molecule has 0 bridgehead atoms. The largest absolute Gasteiger partial charge is 0.495 e. The molecule has 0 aliphatic carbocycles. The van der Waals surface area contributed by atoms with Gasteiger partial charge in [0.25, 0.3) is 5.91 Å². The number of para-hydroxylation sites is 1. The topological polar surface area (TPSA) is 68.5 Å². The number of ether oxygens (including phenoxy) is 1. The maximum absolute atomic E-state index is 12.9. The third kappa shape index (κ3) is 2.35. The monoisotopic (exact) mass is 303 g/mol. The summed E-state index contributed by atoms with van der Waals surface area (Å²) >= 11 is 1.24. The molecule has 0 radical (unpaired) electrons. The van der Waals surface area contributed by atoms with Crippen LogP contribution >= 0.6 is 11.3 Å². The van der Waals surface area contributed by atoms with Crippen LogP contribution in [0.5, 0.6) is 5.75 Å².